The Morgan fingerprint density at radius 1 is 1.03 bits per heavy atom. The quantitative estimate of drug-likeness (QED) is 0.582. The number of amides is 2. The molecule has 0 radical (unpaired) electrons. The van der Waals surface area contributed by atoms with Crippen molar-refractivity contribution in [3.05, 3.63) is 81.3 Å². The first kappa shape index (κ1) is 18.8. The number of rotatable bonds is 6. The van der Waals surface area contributed by atoms with E-state index < -0.39 is 17.8 Å². The maximum absolute atomic E-state index is 12.2. The summed E-state index contributed by atoms with van der Waals surface area (Å²) in [5, 5.41) is 2.92. The van der Waals surface area contributed by atoms with Crippen LogP contribution < -0.4 is 4.74 Å². The lowest BCUT2D eigenvalue weighted by molar-refractivity contribution is -0.167. The minimum Gasteiger partial charge on any atom is -0.486 e. The summed E-state index contributed by atoms with van der Waals surface area (Å²) in [6.45, 7) is 2.28. The van der Waals surface area contributed by atoms with Crippen molar-refractivity contribution in [3.8, 4) is 5.75 Å². The Hall–Kier alpha value is -3.52. The van der Waals surface area contributed by atoms with Gasteiger partial charge in [-0.2, -0.15) is 0 Å². The number of benzene rings is 2. The Labute approximate surface area is 170 Å². The molecule has 2 amide bonds. The number of imide groups is 1. The second-order valence-corrected chi connectivity index (χ2v) is 7.37. The van der Waals surface area contributed by atoms with Crippen LogP contribution in [0.4, 0.5) is 0 Å². The molecular formula is C21H16N2O5S. The van der Waals surface area contributed by atoms with Gasteiger partial charge in [0.1, 0.15) is 17.4 Å². The molecule has 2 aromatic carbocycles. The largest absolute Gasteiger partial charge is 0.486 e. The maximum atomic E-state index is 12.2. The fourth-order valence-corrected chi connectivity index (χ4v) is 3.51. The first-order valence-electron chi connectivity index (χ1n) is 8.82. The van der Waals surface area contributed by atoms with E-state index in [-0.39, 0.29) is 24.2 Å². The highest BCUT2D eigenvalue weighted by atomic mass is 32.1. The molecule has 1 aromatic heterocycles. The molecule has 4 rings (SSSR count). The molecule has 1 aliphatic heterocycles. The van der Waals surface area contributed by atoms with Crippen LogP contribution in [-0.2, 0) is 22.7 Å². The van der Waals surface area contributed by atoms with Gasteiger partial charge in [0, 0.05) is 5.38 Å². The summed E-state index contributed by atoms with van der Waals surface area (Å²) in [7, 11) is 0. The number of fused-ring (bicyclic) bond motifs is 1. The molecule has 0 saturated carbocycles. The molecule has 146 valence electrons. The average Bonchev–Trinajstić information content (AvgIpc) is 3.26. The van der Waals surface area contributed by atoms with Crippen LogP contribution in [0.25, 0.3) is 0 Å². The summed E-state index contributed by atoms with van der Waals surface area (Å²) in [6, 6.07) is 14.0. The van der Waals surface area contributed by atoms with Gasteiger partial charge in [-0.3, -0.25) is 9.59 Å². The molecule has 2 heterocycles. The van der Waals surface area contributed by atoms with Crippen LogP contribution in [0.3, 0.4) is 0 Å². The van der Waals surface area contributed by atoms with Crippen LogP contribution >= 0.6 is 11.3 Å². The van der Waals surface area contributed by atoms with Gasteiger partial charge in [0.2, 0.25) is 0 Å². The summed E-state index contributed by atoms with van der Waals surface area (Å²) in [6.07, 6.45) is -0.158. The van der Waals surface area contributed by atoms with Gasteiger partial charge >= 0.3 is 5.97 Å². The van der Waals surface area contributed by atoms with Crippen LogP contribution in [0.2, 0.25) is 0 Å². The minimum atomic E-state index is -0.740. The highest BCUT2D eigenvalue weighted by molar-refractivity contribution is 7.09. The van der Waals surface area contributed by atoms with Crippen molar-refractivity contribution in [2.24, 2.45) is 0 Å². The van der Waals surface area contributed by atoms with Gasteiger partial charge in [0.15, 0.2) is 0 Å². The number of ether oxygens (including phenoxy) is 1. The predicted octanol–water partition coefficient (Wildman–Crippen LogP) is 3.33. The van der Waals surface area contributed by atoms with E-state index in [9.17, 15) is 14.4 Å². The van der Waals surface area contributed by atoms with Crippen LogP contribution in [0.5, 0.6) is 5.75 Å². The van der Waals surface area contributed by atoms with Crippen molar-refractivity contribution >= 4 is 29.1 Å². The van der Waals surface area contributed by atoms with E-state index in [2.05, 4.69) is 4.98 Å². The van der Waals surface area contributed by atoms with E-state index in [0.717, 1.165) is 11.3 Å². The molecule has 29 heavy (non-hydrogen) atoms. The molecule has 0 atom stereocenters. The van der Waals surface area contributed by atoms with Crippen molar-refractivity contribution in [3.63, 3.8) is 0 Å². The lowest BCUT2D eigenvalue weighted by Crippen LogP contribution is -2.33. The first-order chi connectivity index (χ1) is 14.0. The Balaban J connectivity index is 1.33. The summed E-state index contributed by atoms with van der Waals surface area (Å²) < 4.78 is 5.67. The molecule has 7 nitrogen and oxygen atoms in total. The summed E-state index contributed by atoms with van der Waals surface area (Å²) in [4.78, 5) is 46.0. The predicted molar refractivity (Wildman–Crippen MR) is 104 cm³/mol. The van der Waals surface area contributed by atoms with E-state index in [1.807, 2.05) is 31.2 Å². The Morgan fingerprint density at radius 2 is 1.69 bits per heavy atom. The third kappa shape index (κ3) is 4.02. The normalized spacial score (nSPS) is 12.8. The van der Waals surface area contributed by atoms with E-state index in [4.69, 9.17) is 9.57 Å². The van der Waals surface area contributed by atoms with Gasteiger partial charge in [-0.15, -0.1) is 11.3 Å². The number of hydrogen-bond donors (Lipinski definition) is 0. The van der Waals surface area contributed by atoms with E-state index >= 15 is 0 Å². The highest BCUT2D eigenvalue weighted by Crippen LogP contribution is 2.23. The van der Waals surface area contributed by atoms with Crippen molar-refractivity contribution < 1.29 is 24.0 Å². The Bertz CT molecular complexity index is 1060. The number of hydrogen-bond acceptors (Lipinski definition) is 7. The van der Waals surface area contributed by atoms with Crippen molar-refractivity contribution in [2.75, 3.05) is 0 Å². The molecule has 0 saturated heterocycles. The molecule has 0 bridgehead atoms. The molecule has 0 N–H and O–H groups in total. The smallest absolute Gasteiger partial charge is 0.339 e. The molecule has 0 fully saturated rings. The molecule has 1 aliphatic rings. The van der Waals surface area contributed by atoms with Crippen molar-refractivity contribution in [1.29, 1.82) is 0 Å². The van der Waals surface area contributed by atoms with Crippen molar-refractivity contribution in [2.45, 2.75) is 20.0 Å². The fourth-order valence-electron chi connectivity index (χ4n) is 2.81. The topological polar surface area (TPSA) is 85.8 Å². The third-order valence-corrected chi connectivity index (χ3v) is 5.13. The number of aromatic nitrogens is 1. The lowest BCUT2D eigenvalue weighted by atomic mass is 10.1. The fraction of sp³-hybridized carbons (Fsp3) is 0.143. The number of hydroxylamine groups is 2. The third-order valence-electron chi connectivity index (χ3n) is 4.26. The summed E-state index contributed by atoms with van der Waals surface area (Å²) in [5.74, 6) is -1.30. The second kappa shape index (κ2) is 7.84. The molecular weight excluding hydrogens is 392 g/mol. The molecule has 0 aliphatic carbocycles. The number of thiazole rings is 1. The van der Waals surface area contributed by atoms with Crippen LogP contribution in [0, 0.1) is 6.92 Å². The average molecular weight is 408 g/mol. The molecule has 0 spiro atoms. The van der Waals surface area contributed by atoms with Crippen LogP contribution in [0.1, 0.15) is 37.0 Å². The number of carbonyl (C=O) groups excluding carboxylic acids is 3. The highest BCUT2D eigenvalue weighted by Gasteiger charge is 2.38. The summed E-state index contributed by atoms with van der Waals surface area (Å²) in [5.41, 5.74) is 2.06. The van der Waals surface area contributed by atoms with Gasteiger partial charge in [0.05, 0.1) is 23.2 Å². The van der Waals surface area contributed by atoms with Crippen LogP contribution in [0.15, 0.2) is 53.9 Å². The van der Waals surface area contributed by atoms with Gasteiger partial charge in [-0.25, -0.2) is 9.78 Å². The molecule has 8 heteroatoms. The van der Waals surface area contributed by atoms with E-state index in [1.165, 1.54) is 23.5 Å². The number of nitrogens with zero attached hydrogens (tertiary/aromatic N) is 2. The summed E-state index contributed by atoms with van der Waals surface area (Å²) >= 11 is 1.36. The standard InChI is InChI=1S/C21H16N2O5S/c1-13-6-8-15(9-7-13)27-11-18-22-14(12-29-18)10-19(24)28-23-20(25)16-4-2-3-5-17(16)21(23)26/h2-9,12H,10-11H2,1H3. The second-order valence-electron chi connectivity index (χ2n) is 6.42. The zero-order chi connectivity index (χ0) is 20.4. The molecule has 3 aromatic rings. The molecule has 0 unspecified atom stereocenters. The zero-order valence-corrected chi connectivity index (χ0v) is 16.3. The van der Waals surface area contributed by atoms with E-state index in [0.29, 0.717) is 15.8 Å². The Morgan fingerprint density at radius 3 is 2.34 bits per heavy atom. The number of aryl methyl sites for hydroxylation is 1. The SMILES string of the molecule is Cc1ccc(OCc2nc(CC(=O)ON3C(=O)c4ccccc4C3=O)cs2)cc1. The van der Waals surface area contributed by atoms with Gasteiger partial charge in [-0.05, 0) is 31.2 Å². The zero-order valence-electron chi connectivity index (χ0n) is 15.5. The van der Waals surface area contributed by atoms with E-state index in [1.54, 1.807) is 17.5 Å². The lowest BCUT2D eigenvalue weighted by Gasteiger charge is -2.12. The minimum absolute atomic E-state index is 0.158. The Kier molecular flexibility index (Phi) is 5.09. The van der Waals surface area contributed by atoms with Crippen LogP contribution in [-0.4, -0.2) is 27.8 Å². The number of carbonyl (C=O) groups is 3. The van der Waals surface area contributed by atoms with Gasteiger partial charge in [-0.1, -0.05) is 34.9 Å². The monoisotopic (exact) mass is 408 g/mol. The van der Waals surface area contributed by atoms with Gasteiger partial charge < -0.3 is 9.57 Å². The maximum Gasteiger partial charge on any atom is 0.339 e. The van der Waals surface area contributed by atoms with Gasteiger partial charge in [0.25, 0.3) is 11.8 Å². The first-order valence-corrected chi connectivity index (χ1v) is 9.70. The van der Waals surface area contributed by atoms with Crippen molar-refractivity contribution in [1.82, 2.24) is 10.0 Å².